The minimum atomic E-state index is 0.510. The van der Waals surface area contributed by atoms with Gasteiger partial charge in [-0.25, -0.2) is 4.98 Å². The van der Waals surface area contributed by atoms with Crippen molar-refractivity contribution < 1.29 is 0 Å². The van der Waals surface area contributed by atoms with E-state index in [2.05, 4.69) is 24.8 Å². The van der Waals surface area contributed by atoms with E-state index in [9.17, 15) is 0 Å². The number of nitrogens with zero attached hydrogens (tertiary/aromatic N) is 3. The van der Waals surface area contributed by atoms with Crippen LogP contribution < -0.4 is 0 Å². The Morgan fingerprint density at radius 2 is 2.33 bits per heavy atom. The molecule has 1 aliphatic heterocycles. The van der Waals surface area contributed by atoms with Gasteiger partial charge in [-0.05, 0) is 32.7 Å². The van der Waals surface area contributed by atoms with Crippen LogP contribution in [0.5, 0.6) is 0 Å². The van der Waals surface area contributed by atoms with Gasteiger partial charge in [-0.3, -0.25) is 4.90 Å². The topological polar surface area (TPSA) is 39.9 Å². The van der Waals surface area contributed by atoms with Crippen molar-refractivity contribution in [1.82, 2.24) is 9.88 Å². The number of piperidine rings is 1. The van der Waals surface area contributed by atoms with E-state index in [0.717, 1.165) is 18.7 Å². The fourth-order valence-electron chi connectivity index (χ4n) is 2.56. The van der Waals surface area contributed by atoms with E-state index in [4.69, 9.17) is 10.2 Å². The van der Waals surface area contributed by atoms with E-state index in [1.165, 1.54) is 35.7 Å². The summed E-state index contributed by atoms with van der Waals surface area (Å²) in [6, 6.07) is 2.91. The van der Waals surface area contributed by atoms with Crippen molar-refractivity contribution in [1.29, 1.82) is 5.26 Å². The predicted molar refractivity (Wildman–Crippen MR) is 74.5 cm³/mol. The number of aromatic nitrogens is 1. The molecule has 4 heteroatoms. The number of likely N-dealkylation sites (tertiary alicyclic amines) is 1. The maximum atomic E-state index is 8.83. The fourth-order valence-corrected chi connectivity index (χ4v) is 3.67. The molecule has 98 valence electrons. The Morgan fingerprint density at radius 3 is 3.00 bits per heavy atom. The maximum Gasteiger partial charge on any atom is 0.107 e. The van der Waals surface area contributed by atoms with Gasteiger partial charge in [0, 0.05) is 10.9 Å². The van der Waals surface area contributed by atoms with Crippen LogP contribution in [0.25, 0.3) is 0 Å². The van der Waals surface area contributed by atoms with E-state index in [0.29, 0.717) is 12.5 Å². The molecule has 1 aromatic rings. The lowest BCUT2D eigenvalue weighted by molar-refractivity contribution is 0.152. The summed E-state index contributed by atoms with van der Waals surface area (Å²) in [6.07, 6.45) is 5.41. The Morgan fingerprint density at radius 1 is 1.50 bits per heavy atom. The largest absolute Gasteiger partial charge is 0.294 e. The lowest BCUT2D eigenvalue weighted by Gasteiger charge is -2.32. The van der Waals surface area contributed by atoms with E-state index in [1.807, 2.05) is 0 Å². The molecule has 1 aromatic heterocycles. The van der Waals surface area contributed by atoms with Crippen LogP contribution in [0, 0.1) is 11.3 Å². The number of hydrogen-bond acceptors (Lipinski definition) is 4. The summed E-state index contributed by atoms with van der Waals surface area (Å²) < 4.78 is 0. The second-order valence-corrected chi connectivity index (χ2v) is 6.15. The van der Waals surface area contributed by atoms with Crippen LogP contribution in [0.15, 0.2) is 0 Å². The molecule has 0 aromatic carbocycles. The van der Waals surface area contributed by atoms with Crippen molar-refractivity contribution in [3.05, 3.63) is 15.6 Å². The molecule has 1 atom stereocenters. The lowest BCUT2D eigenvalue weighted by Crippen LogP contribution is -2.36. The Bertz CT molecular complexity index is 433. The van der Waals surface area contributed by atoms with Crippen LogP contribution in [0.2, 0.25) is 0 Å². The first-order chi connectivity index (χ1) is 8.74. The molecule has 3 nitrogen and oxygen atoms in total. The zero-order valence-electron chi connectivity index (χ0n) is 11.3. The standard InChI is InChI=1S/C14H21N3S/c1-3-12-13(7-8-15)18-14(16-12)10-17-9-5-4-6-11(17)2/h11H,3-7,9-10H2,1-2H3. The first kappa shape index (κ1) is 13.5. The molecule has 0 spiro atoms. The SMILES string of the molecule is CCc1nc(CN2CCCCC2C)sc1CC#N. The van der Waals surface area contributed by atoms with E-state index in [1.54, 1.807) is 11.3 Å². The van der Waals surface area contributed by atoms with Crippen LogP contribution in [0.3, 0.4) is 0 Å². The van der Waals surface area contributed by atoms with Crippen molar-refractivity contribution in [2.45, 2.75) is 58.5 Å². The molecule has 1 unspecified atom stereocenters. The van der Waals surface area contributed by atoms with Gasteiger partial charge in [0.2, 0.25) is 0 Å². The molecule has 2 rings (SSSR count). The van der Waals surface area contributed by atoms with Gasteiger partial charge in [0.1, 0.15) is 5.01 Å². The van der Waals surface area contributed by atoms with Gasteiger partial charge in [0.05, 0.1) is 24.7 Å². The van der Waals surface area contributed by atoms with E-state index in [-0.39, 0.29) is 0 Å². The van der Waals surface area contributed by atoms with Gasteiger partial charge < -0.3 is 0 Å². The van der Waals surface area contributed by atoms with Gasteiger partial charge in [-0.15, -0.1) is 11.3 Å². The molecule has 0 radical (unpaired) electrons. The van der Waals surface area contributed by atoms with Gasteiger partial charge >= 0.3 is 0 Å². The molecule has 0 N–H and O–H groups in total. The van der Waals surface area contributed by atoms with Crippen LogP contribution in [0.4, 0.5) is 0 Å². The summed E-state index contributed by atoms with van der Waals surface area (Å²) in [5, 5.41) is 10.0. The second-order valence-electron chi connectivity index (χ2n) is 4.98. The monoisotopic (exact) mass is 263 g/mol. The van der Waals surface area contributed by atoms with Crippen molar-refractivity contribution in [2.75, 3.05) is 6.54 Å². The summed E-state index contributed by atoms with van der Waals surface area (Å²) >= 11 is 1.73. The van der Waals surface area contributed by atoms with Crippen LogP contribution in [0.1, 0.15) is 48.7 Å². The summed E-state index contributed by atoms with van der Waals surface area (Å²) in [6.45, 7) is 6.58. The molecule has 18 heavy (non-hydrogen) atoms. The molecular weight excluding hydrogens is 242 g/mol. The minimum absolute atomic E-state index is 0.510. The smallest absolute Gasteiger partial charge is 0.107 e. The normalized spacial score (nSPS) is 20.8. The van der Waals surface area contributed by atoms with E-state index >= 15 is 0 Å². The van der Waals surface area contributed by atoms with Crippen LogP contribution >= 0.6 is 11.3 Å². The highest BCUT2D eigenvalue weighted by atomic mass is 32.1. The van der Waals surface area contributed by atoms with Gasteiger partial charge in [-0.1, -0.05) is 13.3 Å². The highest BCUT2D eigenvalue weighted by molar-refractivity contribution is 7.11. The number of thiazole rings is 1. The molecule has 1 fully saturated rings. The van der Waals surface area contributed by atoms with Crippen molar-refractivity contribution >= 4 is 11.3 Å². The molecule has 0 saturated carbocycles. The summed E-state index contributed by atoms with van der Waals surface area (Å²) in [7, 11) is 0. The van der Waals surface area contributed by atoms with Gasteiger partial charge in [0.15, 0.2) is 0 Å². The summed E-state index contributed by atoms with van der Waals surface area (Å²) in [4.78, 5) is 8.39. The second kappa shape index (κ2) is 6.31. The average molecular weight is 263 g/mol. The quantitative estimate of drug-likeness (QED) is 0.838. The highest BCUT2D eigenvalue weighted by Gasteiger charge is 2.20. The van der Waals surface area contributed by atoms with Gasteiger partial charge in [-0.2, -0.15) is 5.26 Å². The molecule has 0 amide bonds. The Labute approximate surface area is 113 Å². The Kier molecular flexibility index (Phi) is 4.73. The summed E-state index contributed by atoms with van der Waals surface area (Å²) in [5.74, 6) is 0. The summed E-state index contributed by atoms with van der Waals surface area (Å²) in [5.41, 5.74) is 1.13. The Hall–Kier alpha value is -0.920. The van der Waals surface area contributed by atoms with E-state index < -0.39 is 0 Å². The van der Waals surface area contributed by atoms with Gasteiger partial charge in [0.25, 0.3) is 0 Å². The first-order valence-corrected chi connectivity index (χ1v) is 7.64. The lowest BCUT2D eigenvalue weighted by atomic mass is 10.0. The molecule has 2 heterocycles. The van der Waals surface area contributed by atoms with Crippen molar-refractivity contribution in [3.8, 4) is 6.07 Å². The third kappa shape index (κ3) is 3.09. The van der Waals surface area contributed by atoms with Crippen molar-refractivity contribution in [3.63, 3.8) is 0 Å². The minimum Gasteiger partial charge on any atom is -0.294 e. The number of nitriles is 1. The molecule has 1 saturated heterocycles. The zero-order chi connectivity index (χ0) is 13.0. The molecule has 1 aliphatic rings. The number of rotatable bonds is 4. The van der Waals surface area contributed by atoms with Crippen molar-refractivity contribution in [2.24, 2.45) is 0 Å². The maximum absolute atomic E-state index is 8.83. The number of aryl methyl sites for hydroxylation is 1. The molecule has 0 bridgehead atoms. The van der Waals surface area contributed by atoms with Crippen LogP contribution in [-0.2, 0) is 19.4 Å². The zero-order valence-corrected chi connectivity index (χ0v) is 12.1. The van der Waals surface area contributed by atoms with Crippen LogP contribution in [-0.4, -0.2) is 22.5 Å². The average Bonchev–Trinajstić information content (AvgIpc) is 2.75. The fraction of sp³-hybridized carbons (Fsp3) is 0.714. The predicted octanol–water partition coefficient (Wildman–Crippen LogP) is 3.15. The molecule has 0 aliphatic carbocycles. The third-order valence-electron chi connectivity index (χ3n) is 3.68. The highest BCUT2D eigenvalue weighted by Crippen LogP contribution is 2.24. The number of hydrogen-bond donors (Lipinski definition) is 0. The Balaban J connectivity index is 2.06. The first-order valence-electron chi connectivity index (χ1n) is 6.83. The third-order valence-corrected chi connectivity index (χ3v) is 4.76. The molecular formula is C14H21N3S.